The van der Waals surface area contributed by atoms with E-state index in [0.29, 0.717) is 6.42 Å². The summed E-state index contributed by atoms with van der Waals surface area (Å²) in [4.78, 5) is 25.6. The Morgan fingerprint density at radius 1 is 1.40 bits per heavy atom. The molecule has 1 rings (SSSR count). The van der Waals surface area contributed by atoms with Gasteiger partial charge in [-0.1, -0.05) is 20.8 Å². The summed E-state index contributed by atoms with van der Waals surface area (Å²) in [7, 11) is 0. The summed E-state index contributed by atoms with van der Waals surface area (Å²) < 4.78 is 0. The van der Waals surface area contributed by atoms with Crippen molar-refractivity contribution in [1.29, 1.82) is 0 Å². The van der Waals surface area contributed by atoms with E-state index in [-0.39, 0.29) is 17.7 Å². The summed E-state index contributed by atoms with van der Waals surface area (Å²) >= 11 is 0. The number of hydrogen-bond donors (Lipinski definition) is 0. The number of amides is 1. The lowest BCUT2D eigenvalue weighted by Gasteiger charge is -2.26. The second-order valence-electron chi connectivity index (χ2n) is 5.06. The topological polar surface area (TPSA) is 37.4 Å². The third-order valence-corrected chi connectivity index (χ3v) is 3.51. The fourth-order valence-electron chi connectivity index (χ4n) is 1.82. The molecule has 1 aliphatic heterocycles. The van der Waals surface area contributed by atoms with Crippen LogP contribution in [0.4, 0.5) is 0 Å². The largest absolute Gasteiger partial charge is 0.333 e. The Morgan fingerprint density at radius 2 is 2.00 bits per heavy atom. The van der Waals surface area contributed by atoms with Crippen LogP contribution in [0.5, 0.6) is 0 Å². The van der Waals surface area contributed by atoms with Gasteiger partial charge in [0.25, 0.3) is 5.91 Å². The fourth-order valence-corrected chi connectivity index (χ4v) is 1.82. The zero-order valence-corrected chi connectivity index (χ0v) is 10.2. The first-order chi connectivity index (χ1) is 6.90. The summed E-state index contributed by atoms with van der Waals surface area (Å²) in [6.07, 6.45) is 2.75. The molecule has 0 aromatic carbocycles. The van der Waals surface area contributed by atoms with E-state index < -0.39 is 5.41 Å². The Labute approximate surface area is 91.8 Å². The second-order valence-corrected chi connectivity index (χ2v) is 5.06. The van der Waals surface area contributed by atoms with Crippen LogP contribution in [0.2, 0.25) is 0 Å². The molecule has 0 radical (unpaired) electrons. The number of carbonyl (C=O) groups excluding carboxylic acids is 2. The van der Waals surface area contributed by atoms with Gasteiger partial charge >= 0.3 is 0 Å². The van der Waals surface area contributed by atoms with Gasteiger partial charge in [-0.3, -0.25) is 9.59 Å². The van der Waals surface area contributed by atoms with Crippen molar-refractivity contribution in [2.24, 2.45) is 5.41 Å². The first kappa shape index (κ1) is 12.2. The minimum atomic E-state index is -0.514. The molecule has 15 heavy (non-hydrogen) atoms. The summed E-state index contributed by atoms with van der Waals surface area (Å²) in [5.41, 5.74) is -0.514. The average Bonchev–Trinajstić information content (AvgIpc) is 2.62. The second kappa shape index (κ2) is 4.33. The Hall–Kier alpha value is -0.860. The van der Waals surface area contributed by atoms with E-state index in [0.717, 1.165) is 19.4 Å². The third kappa shape index (κ3) is 2.39. The highest BCUT2D eigenvalue weighted by Gasteiger charge is 2.37. The molecule has 1 saturated heterocycles. The minimum absolute atomic E-state index is 0.231. The number of likely N-dealkylation sites (tertiary alicyclic amines) is 1. The Morgan fingerprint density at radius 3 is 2.40 bits per heavy atom. The predicted octanol–water partition coefficient (Wildman–Crippen LogP) is 2.00. The van der Waals surface area contributed by atoms with Crippen molar-refractivity contribution in [3.63, 3.8) is 0 Å². The van der Waals surface area contributed by atoms with Crippen LogP contribution in [0.25, 0.3) is 0 Å². The van der Waals surface area contributed by atoms with E-state index >= 15 is 0 Å². The molecule has 0 aliphatic carbocycles. The highest BCUT2D eigenvalue weighted by Crippen LogP contribution is 2.25. The van der Waals surface area contributed by atoms with Gasteiger partial charge in [-0.15, -0.1) is 0 Å². The van der Waals surface area contributed by atoms with Crippen LogP contribution in [-0.4, -0.2) is 29.2 Å². The molecule has 1 fully saturated rings. The SMILES string of the molecule is CCC(C)(C)C(=O)C(=O)N1CCC[C@@H]1C. The molecule has 0 N–H and O–H groups in total. The maximum absolute atomic E-state index is 11.9. The van der Waals surface area contributed by atoms with Gasteiger partial charge in [0.05, 0.1) is 0 Å². The van der Waals surface area contributed by atoms with E-state index in [1.54, 1.807) is 4.90 Å². The number of nitrogens with zero attached hydrogens (tertiary/aromatic N) is 1. The lowest BCUT2D eigenvalue weighted by molar-refractivity contribution is -0.149. The van der Waals surface area contributed by atoms with Crippen LogP contribution in [0.1, 0.15) is 47.0 Å². The number of Topliss-reactive ketones (excluding diaryl/α,β-unsaturated/α-hetero) is 1. The van der Waals surface area contributed by atoms with Gasteiger partial charge in [-0.25, -0.2) is 0 Å². The molecular weight excluding hydrogens is 190 g/mol. The lowest BCUT2D eigenvalue weighted by Crippen LogP contribution is -2.44. The molecule has 3 heteroatoms. The number of carbonyl (C=O) groups is 2. The van der Waals surface area contributed by atoms with E-state index in [9.17, 15) is 9.59 Å². The van der Waals surface area contributed by atoms with Crippen LogP contribution in [0.15, 0.2) is 0 Å². The lowest BCUT2D eigenvalue weighted by atomic mass is 9.84. The van der Waals surface area contributed by atoms with Gasteiger partial charge in [0, 0.05) is 18.0 Å². The quantitative estimate of drug-likeness (QED) is 0.670. The summed E-state index contributed by atoms with van der Waals surface area (Å²) in [5.74, 6) is -0.523. The van der Waals surface area contributed by atoms with E-state index in [1.807, 2.05) is 27.7 Å². The molecule has 0 spiro atoms. The molecule has 1 amide bonds. The van der Waals surface area contributed by atoms with Crippen molar-refractivity contribution in [2.75, 3.05) is 6.54 Å². The van der Waals surface area contributed by atoms with Crippen molar-refractivity contribution in [3.8, 4) is 0 Å². The molecule has 1 aliphatic rings. The Balaban J connectivity index is 2.72. The van der Waals surface area contributed by atoms with Crippen molar-refractivity contribution in [1.82, 2.24) is 4.90 Å². The van der Waals surface area contributed by atoms with Crippen LogP contribution >= 0.6 is 0 Å². The summed E-state index contributed by atoms with van der Waals surface area (Å²) in [6.45, 7) is 8.38. The van der Waals surface area contributed by atoms with E-state index in [4.69, 9.17) is 0 Å². The number of ketones is 1. The molecule has 0 bridgehead atoms. The zero-order chi connectivity index (χ0) is 11.6. The molecule has 0 unspecified atom stereocenters. The molecule has 0 aromatic heterocycles. The zero-order valence-electron chi connectivity index (χ0n) is 10.2. The van der Waals surface area contributed by atoms with Crippen molar-refractivity contribution in [3.05, 3.63) is 0 Å². The maximum Gasteiger partial charge on any atom is 0.290 e. The van der Waals surface area contributed by atoms with Gasteiger partial charge < -0.3 is 4.90 Å². The van der Waals surface area contributed by atoms with Gasteiger partial charge in [-0.2, -0.15) is 0 Å². The number of hydrogen-bond acceptors (Lipinski definition) is 2. The normalized spacial score (nSPS) is 21.9. The summed E-state index contributed by atoms with van der Waals surface area (Å²) in [5, 5.41) is 0. The monoisotopic (exact) mass is 211 g/mol. The molecule has 0 saturated carbocycles. The highest BCUT2D eigenvalue weighted by atomic mass is 16.2. The molecule has 3 nitrogen and oxygen atoms in total. The number of rotatable bonds is 3. The van der Waals surface area contributed by atoms with Gasteiger partial charge in [0.1, 0.15) is 0 Å². The van der Waals surface area contributed by atoms with Gasteiger partial charge in [-0.05, 0) is 26.2 Å². The van der Waals surface area contributed by atoms with E-state index in [1.165, 1.54) is 0 Å². The van der Waals surface area contributed by atoms with Crippen LogP contribution in [-0.2, 0) is 9.59 Å². The van der Waals surface area contributed by atoms with E-state index in [2.05, 4.69) is 0 Å². The Kier molecular flexibility index (Phi) is 3.53. The molecule has 0 aromatic rings. The molecule has 1 atom stereocenters. The molecule has 86 valence electrons. The van der Waals surface area contributed by atoms with Crippen LogP contribution < -0.4 is 0 Å². The average molecular weight is 211 g/mol. The third-order valence-electron chi connectivity index (χ3n) is 3.51. The summed E-state index contributed by atoms with van der Waals surface area (Å²) in [6, 6.07) is 0.231. The maximum atomic E-state index is 11.9. The predicted molar refractivity (Wildman–Crippen MR) is 59.5 cm³/mol. The fraction of sp³-hybridized carbons (Fsp3) is 0.833. The van der Waals surface area contributed by atoms with Crippen molar-refractivity contribution in [2.45, 2.75) is 53.0 Å². The first-order valence-corrected chi connectivity index (χ1v) is 5.75. The highest BCUT2D eigenvalue weighted by molar-refractivity contribution is 6.38. The van der Waals surface area contributed by atoms with Crippen LogP contribution in [0.3, 0.4) is 0 Å². The first-order valence-electron chi connectivity index (χ1n) is 5.75. The van der Waals surface area contributed by atoms with Gasteiger partial charge in [0.2, 0.25) is 5.78 Å². The van der Waals surface area contributed by atoms with Crippen molar-refractivity contribution >= 4 is 11.7 Å². The van der Waals surface area contributed by atoms with Gasteiger partial charge in [0.15, 0.2) is 0 Å². The molecule has 1 heterocycles. The molecular formula is C12H21NO2. The standard InChI is InChI=1S/C12H21NO2/c1-5-12(3,4)10(14)11(15)13-8-6-7-9(13)2/h9H,5-8H2,1-4H3/t9-/m0/s1. The van der Waals surface area contributed by atoms with Crippen LogP contribution in [0, 0.1) is 5.41 Å². The smallest absolute Gasteiger partial charge is 0.290 e. The minimum Gasteiger partial charge on any atom is -0.333 e. The van der Waals surface area contributed by atoms with Crippen molar-refractivity contribution < 1.29 is 9.59 Å². The Bertz CT molecular complexity index is 271.